The maximum Gasteiger partial charge on any atom is 0.407 e. The molecule has 0 rings (SSSR count). The van der Waals surface area contributed by atoms with Crippen molar-refractivity contribution in [3.05, 3.63) is 0 Å². The van der Waals surface area contributed by atoms with Crippen LogP contribution in [0.3, 0.4) is 0 Å². The van der Waals surface area contributed by atoms with Crippen molar-refractivity contribution in [3.63, 3.8) is 0 Å². The summed E-state index contributed by atoms with van der Waals surface area (Å²) < 4.78 is 7.97. The van der Waals surface area contributed by atoms with Crippen LogP contribution in [0.25, 0.3) is 0 Å². The van der Waals surface area contributed by atoms with Gasteiger partial charge in [-0.3, -0.25) is 4.72 Å². The minimum atomic E-state index is -0.343. The maximum atomic E-state index is 11.4. The summed E-state index contributed by atoms with van der Waals surface area (Å²) >= 11 is 4.02. The molecular formula is C13H29N3O2S. The summed E-state index contributed by atoms with van der Waals surface area (Å²) in [5.41, 5.74) is 0. The molecule has 19 heavy (non-hydrogen) atoms. The van der Waals surface area contributed by atoms with E-state index in [4.69, 9.17) is 4.74 Å². The van der Waals surface area contributed by atoms with Crippen LogP contribution in [0.5, 0.6) is 0 Å². The van der Waals surface area contributed by atoms with Gasteiger partial charge in [-0.1, -0.05) is 39.5 Å². The number of hydrogen-bond acceptors (Lipinski definition) is 5. The van der Waals surface area contributed by atoms with Crippen LogP contribution < -0.4 is 15.4 Å². The zero-order valence-corrected chi connectivity index (χ0v) is 13.3. The Morgan fingerprint density at radius 1 is 1.16 bits per heavy atom. The molecule has 6 heteroatoms. The summed E-state index contributed by atoms with van der Waals surface area (Å²) in [4.78, 5) is 11.4. The smallest absolute Gasteiger partial charge is 0.407 e. The Hall–Kier alpha value is -0.460. The molecule has 0 unspecified atom stereocenters. The Bertz CT molecular complexity index is 228. The zero-order chi connectivity index (χ0) is 14.5. The van der Waals surface area contributed by atoms with Crippen molar-refractivity contribution >= 4 is 18.9 Å². The molecule has 0 aromatic heterocycles. The molecule has 0 saturated heterocycles. The summed E-state index contributed by atoms with van der Waals surface area (Å²) in [5, 5.41) is 5.88. The molecule has 3 N–H and O–H groups in total. The molecule has 0 bridgehead atoms. The average Bonchev–Trinajstić information content (AvgIpc) is 2.38. The molecule has 114 valence electrons. The third-order valence-corrected chi connectivity index (χ3v) is 3.32. The molecule has 0 spiro atoms. The number of ether oxygens (including phenoxy) is 1. The van der Waals surface area contributed by atoms with Crippen LogP contribution in [-0.2, 0) is 4.74 Å². The molecule has 0 saturated carbocycles. The number of amides is 1. The lowest BCUT2D eigenvalue weighted by Gasteiger charge is -2.19. The largest absolute Gasteiger partial charge is 0.448 e. The van der Waals surface area contributed by atoms with Crippen molar-refractivity contribution in [2.75, 3.05) is 26.7 Å². The van der Waals surface area contributed by atoms with Gasteiger partial charge >= 0.3 is 6.09 Å². The Morgan fingerprint density at radius 2 is 1.79 bits per heavy atom. The van der Waals surface area contributed by atoms with E-state index in [0.29, 0.717) is 19.1 Å². The number of alkyl carbamates (subject to hydrolysis) is 1. The second-order valence-electron chi connectivity index (χ2n) is 5.02. The lowest BCUT2D eigenvalue weighted by molar-refractivity contribution is 0.130. The van der Waals surface area contributed by atoms with Gasteiger partial charge in [0.2, 0.25) is 0 Å². The quantitative estimate of drug-likeness (QED) is 0.347. The minimum Gasteiger partial charge on any atom is -0.448 e. The van der Waals surface area contributed by atoms with E-state index in [2.05, 4.69) is 42.0 Å². The normalized spacial score (nSPS) is 12.5. The number of carbonyl (C=O) groups excluding carboxylic acids is 1. The molecular weight excluding hydrogens is 262 g/mol. The van der Waals surface area contributed by atoms with Crippen molar-refractivity contribution in [2.24, 2.45) is 5.92 Å². The second-order valence-corrected chi connectivity index (χ2v) is 5.28. The van der Waals surface area contributed by atoms with Gasteiger partial charge in [-0.05, 0) is 32.4 Å². The first-order valence-corrected chi connectivity index (χ1v) is 7.51. The number of unbranched alkanes of at least 4 members (excludes halogenated alkanes) is 3. The average molecular weight is 291 g/mol. The monoisotopic (exact) mass is 291 g/mol. The standard InChI is InChI=1S/C13H29N3O2S/c1-11(2)12(16-19)10-18-13(17)15-9-7-5-4-6-8-14-3/h11-12,14,16,19H,4-10H2,1-3H3,(H,15,17)/t12-/m0/s1. The second kappa shape index (κ2) is 12.6. The summed E-state index contributed by atoms with van der Waals surface area (Å²) in [6, 6.07) is 0.0793. The molecule has 0 aromatic carbocycles. The van der Waals surface area contributed by atoms with Gasteiger partial charge in [0.1, 0.15) is 6.61 Å². The lowest BCUT2D eigenvalue weighted by Crippen LogP contribution is -2.36. The van der Waals surface area contributed by atoms with Crippen LogP contribution in [0.2, 0.25) is 0 Å². The summed E-state index contributed by atoms with van der Waals surface area (Å²) in [7, 11) is 1.96. The molecule has 0 fully saturated rings. The van der Waals surface area contributed by atoms with Crippen LogP contribution in [0.15, 0.2) is 0 Å². The fourth-order valence-electron chi connectivity index (χ4n) is 1.57. The van der Waals surface area contributed by atoms with Gasteiger partial charge in [-0.15, -0.1) is 0 Å². The number of rotatable bonds is 11. The SMILES string of the molecule is CNCCCCCCNC(=O)OC[C@H](NS)C(C)C. The molecule has 0 radical (unpaired) electrons. The molecule has 0 heterocycles. The third kappa shape index (κ3) is 11.1. The first kappa shape index (κ1) is 18.5. The van der Waals surface area contributed by atoms with E-state index < -0.39 is 0 Å². The van der Waals surface area contributed by atoms with Crippen LogP contribution in [-0.4, -0.2) is 38.9 Å². The summed E-state index contributed by atoms with van der Waals surface area (Å²) in [6.45, 7) is 6.19. The lowest BCUT2D eigenvalue weighted by atomic mass is 10.1. The van der Waals surface area contributed by atoms with Crippen molar-refractivity contribution in [1.29, 1.82) is 0 Å². The highest BCUT2D eigenvalue weighted by Crippen LogP contribution is 2.03. The predicted octanol–water partition coefficient (Wildman–Crippen LogP) is 1.95. The fourth-order valence-corrected chi connectivity index (χ4v) is 1.94. The summed E-state index contributed by atoms with van der Waals surface area (Å²) in [6.07, 6.45) is 4.16. The first-order chi connectivity index (χ1) is 9.11. The first-order valence-electron chi connectivity index (χ1n) is 7.06. The highest BCUT2D eigenvalue weighted by Gasteiger charge is 2.13. The van der Waals surface area contributed by atoms with E-state index in [1.165, 1.54) is 12.8 Å². The van der Waals surface area contributed by atoms with Gasteiger partial charge < -0.3 is 15.4 Å². The van der Waals surface area contributed by atoms with Gasteiger partial charge in [-0.2, -0.15) is 0 Å². The molecule has 1 atom stereocenters. The molecule has 0 aliphatic heterocycles. The number of thiol groups is 1. The highest BCUT2D eigenvalue weighted by molar-refractivity contribution is 7.78. The van der Waals surface area contributed by atoms with Gasteiger partial charge in [0, 0.05) is 6.54 Å². The number of hydrogen-bond donors (Lipinski definition) is 4. The molecule has 0 aliphatic rings. The van der Waals surface area contributed by atoms with E-state index in [1.807, 2.05) is 7.05 Å². The minimum absolute atomic E-state index is 0.0793. The summed E-state index contributed by atoms with van der Waals surface area (Å²) in [5.74, 6) is 0.373. The van der Waals surface area contributed by atoms with Crippen LogP contribution in [0.4, 0.5) is 4.79 Å². The number of nitrogens with one attached hydrogen (secondary N) is 3. The van der Waals surface area contributed by atoms with E-state index in [-0.39, 0.29) is 12.1 Å². The van der Waals surface area contributed by atoms with Crippen LogP contribution in [0.1, 0.15) is 39.5 Å². The fraction of sp³-hybridized carbons (Fsp3) is 0.923. The van der Waals surface area contributed by atoms with Crippen molar-refractivity contribution in [2.45, 2.75) is 45.6 Å². The van der Waals surface area contributed by atoms with Crippen molar-refractivity contribution in [3.8, 4) is 0 Å². The molecule has 0 aliphatic carbocycles. The predicted molar refractivity (Wildman–Crippen MR) is 82.5 cm³/mol. The zero-order valence-electron chi connectivity index (χ0n) is 12.4. The van der Waals surface area contributed by atoms with Gasteiger partial charge in [0.05, 0.1) is 6.04 Å². The van der Waals surface area contributed by atoms with Gasteiger partial charge in [0.25, 0.3) is 0 Å². The highest BCUT2D eigenvalue weighted by atomic mass is 32.1. The van der Waals surface area contributed by atoms with E-state index in [9.17, 15) is 4.79 Å². The maximum absolute atomic E-state index is 11.4. The van der Waals surface area contributed by atoms with E-state index >= 15 is 0 Å². The Morgan fingerprint density at radius 3 is 2.32 bits per heavy atom. The van der Waals surface area contributed by atoms with Crippen molar-refractivity contribution in [1.82, 2.24) is 15.4 Å². The molecule has 5 nitrogen and oxygen atoms in total. The van der Waals surface area contributed by atoms with Crippen LogP contribution >= 0.6 is 12.8 Å². The third-order valence-electron chi connectivity index (χ3n) is 2.99. The van der Waals surface area contributed by atoms with Crippen LogP contribution in [0, 0.1) is 5.92 Å². The van der Waals surface area contributed by atoms with Gasteiger partial charge in [-0.25, -0.2) is 4.79 Å². The Labute approximate surface area is 122 Å². The molecule has 1 amide bonds. The van der Waals surface area contributed by atoms with E-state index in [0.717, 1.165) is 19.4 Å². The van der Waals surface area contributed by atoms with Gasteiger partial charge in [0.15, 0.2) is 0 Å². The Kier molecular flexibility index (Phi) is 12.3. The Balaban J connectivity index is 3.44. The van der Waals surface area contributed by atoms with Crippen molar-refractivity contribution < 1.29 is 9.53 Å². The molecule has 0 aromatic rings. The topological polar surface area (TPSA) is 62.4 Å². The van der Waals surface area contributed by atoms with E-state index in [1.54, 1.807) is 0 Å². The number of carbonyl (C=O) groups is 1.